The second-order valence-corrected chi connectivity index (χ2v) is 7.36. The minimum Gasteiger partial charge on any atom is -0.468 e. The lowest BCUT2D eigenvalue weighted by Gasteiger charge is -2.38. The molecule has 0 N–H and O–H groups in total. The molecule has 30 heavy (non-hydrogen) atoms. The van der Waals surface area contributed by atoms with Crippen LogP contribution >= 0.6 is 11.6 Å². The number of nitriles is 2. The SMILES string of the molecule is COC(=O)C(c1ccccc1Cl)N1CCN(CC(=O)N(CCC#N)CCC#N)CC1. The number of esters is 1. The lowest BCUT2D eigenvalue weighted by Crippen LogP contribution is -2.52. The number of methoxy groups -OCH3 is 1. The van der Waals surface area contributed by atoms with Gasteiger partial charge in [0.05, 0.1) is 38.6 Å². The summed E-state index contributed by atoms with van der Waals surface area (Å²) >= 11 is 6.31. The lowest BCUT2D eigenvalue weighted by molar-refractivity contribution is -0.148. The number of carbonyl (C=O) groups is 2. The minimum absolute atomic E-state index is 0.0930. The fourth-order valence-electron chi connectivity index (χ4n) is 3.48. The van der Waals surface area contributed by atoms with Crippen LogP contribution in [0.25, 0.3) is 0 Å². The molecule has 1 heterocycles. The Labute approximate surface area is 182 Å². The summed E-state index contributed by atoms with van der Waals surface area (Å²) in [6, 6.07) is 10.7. The molecule has 0 radical (unpaired) electrons. The maximum absolute atomic E-state index is 12.6. The third kappa shape index (κ3) is 6.43. The summed E-state index contributed by atoms with van der Waals surface area (Å²) in [6.07, 6.45) is 0.479. The maximum atomic E-state index is 12.6. The van der Waals surface area contributed by atoms with Crippen molar-refractivity contribution in [2.24, 2.45) is 0 Å². The smallest absolute Gasteiger partial charge is 0.327 e. The van der Waals surface area contributed by atoms with E-state index in [0.717, 1.165) is 0 Å². The van der Waals surface area contributed by atoms with E-state index >= 15 is 0 Å². The van der Waals surface area contributed by atoms with Crippen molar-refractivity contribution in [2.45, 2.75) is 18.9 Å². The summed E-state index contributed by atoms with van der Waals surface area (Å²) in [4.78, 5) is 30.7. The number of hydrogen-bond acceptors (Lipinski definition) is 7. The van der Waals surface area contributed by atoms with Crippen LogP contribution in [0.5, 0.6) is 0 Å². The Bertz CT molecular complexity index is 794. The van der Waals surface area contributed by atoms with E-state index in [2.05, 4.69) is 0 Å². The van der Waals surface area contributed by atoms with E-state index in [4.69, 9.17) is 26.9 Å². The molecule has 1 aliphatic rings. The Morgan fingerprint density at radius 2 is 1.73 bits per heavy atom. The van der Waals surface area contributed by atoms with Crippen LogP contribution in [-0.2, 0) is 14.3 Å². The molecule has 1 aromatic carbocycles. The quantitative estimate of drug-likeness (QED) is 0.549. The first kappa shape index (κ1) is 23.6. The van der Waals surface area contributed by atoms with Gasteiger partial charge in [-0.25, -0.2) is 4.79 Å². The first-order chi connectivity index (χ1) is 14.5. The molecule has 0 bridgehead atoms. The average Bonchev–Trinajstić information content (AvgIpc) is 2.76. The highest BCUT2D eigenvalue weighted by Crippen LogP contribution is 2.29. The van der Waals surface area contributed by atoms with Crippen LogP contribution in [0, 0.1) is 22.7 Å². The molecular weight excluding hydrogens is 406 g/mol. The molecule has 8 nitrogen and oxygen atoms in total. The molecular formula is C21H26ClN5O3. The van der Waals surface area contributed by atoms with Gasteiger partial charge in [-0.3, -0.25) is 14.6 Å². The summed E-state index contributed by atoms with van der Waals surface area (Å²) in [6.45, 7) is 3.24. The minimum atomic E-state index is -0.593. The van der Waals surface area contributed by atoms with Crippen molar-refractivity contribution in [3.8, 4) is 12.1 Å². The van der Waals surface area contributed by atoms with Crippen LogP contribution in [0.4, 0.5) is 0 Å². The van der Waals surface area contributed by atoms with E-state index < -0.39 is 6.04 Å². The molecule has 1 fully saturated rings. The first-order valence-corrected chi connectivity index (χ1v) is 10.2. The summed E-state index contributed by atoms with van der Waals surface area (Å²) in [5.41, 5.74) is 0.703. The zero-order valence-electron chi connectivity index (χ0n) is 17.1. The second-order valence-electron chi connectivity index (χ2n) is 6.96. The van der Waals surface area contributed by atoms with Crippen LogP contribution in [0.15, 0.2) is 24.3 Å². The lowest BCUT2D eigenvalue weighted by atomic mass is 10.0. The van der Waals surface area contributed by atoms with Gasteiger partial charge >= 0.3 is 5.97 Å². The number of carbonyl (C=O) groups excluding carboxylic acids is 2. The Balaban J connectivity index is 1.99. The van der Waals surface area contributed by atoms with E-state index in [1.807, 2.05) is 40.1 Å². The first-order valence-electron chi connectivity index (χ1n) is 9.82. The molecule has 1 saturated heterocycles. The predicted octanol–water partition coefficient (Wildman–Crippen LogP) is 1.83. The van der Waals surface area contributed by atoms with Crippen LogP contribution in [0.2, 0.25) is 5.02 Å². The van der Waals surface area contributed by atoms with E-state index in [1.165, 1.54) is 7.11 Å². The Morgan fingerprint density at radius 3 is 2.27 bits per heavy atom. The standard InChI is InChI=1S/C21H26ClN5O3/c1-30-21(29)20(17-6-2-3-7-18(17)22)27-14-12-25(13-15-27)16-19(28)26(10-4-8-23)11-5-9-24/h2-3,6-7,20H,4-5,10-16H2,1H3. The van der Waals surface area contributed by atoms with E-state index in [0.29, 0.717) is 49.9 Å². The van der Waals surface area contributed by atoms with Crippen LogP contribution < -0.4 is 0 Å². The van der Waals surface area contributed by atoms with Crippen molar-refractivity contribution in [1.29, 1.82) is 10.5 Å². The van der Waals surface area contributed by atoms with Crippen molar-refractivity contribution in [3.63, 3.8) is 0 Å². The van der Waals surface area contributed by atoms with Gasteiger partial charge in [-0.05, 0) is 11.6 Å². The van der Waals surface area contributed by atoms with E-state index in [1.54, 1.807) is 11.0 Å². The predicted molar refractivity (Wildman–Crippen MR) is 111 cm³/mol. The Kier molecular flexibility index (Phi) is 9.56. The normalized spacial score (nSPS) is 15.6. The molecule has 9 heteroatoms. The number of ether oxygens (including phenoxy) is 1. The molecule has 1 unspecified atom stereocenters. The fraction of sp³-hybridized carbons (Fsp3) is 0.524. The molecule has 0 saturated carbocycles. The maximum Gasteiger partial charge on any atom is 0.327 e. The molecule has 2 rings (SSSR count). The molecule has 0 aromatic heterocycles. The fourth-order valence-corrected chi connectivity index (χ4v) is 3.72. The van der Waals surface area contributed by atoms with Gasteiger partial charge in [0.1, 0.15) is 6.04 Å². The van der Waals surface area contributed by atoms with Gasteiger partial charge in [-0.1, -0.05) is 29.8 Å². The molecule has 1 aliphatic heterocycles. The molecule has 1 amide bonds. The van der Waals surface area contributed by atoms with Gasteiger partial charge in [0.25, 0.3) is 0 Å². The average molecular weight is 432 g/mol. The van der Waals surface area contributed by atoms with E-state index in [-0.39, 0.29) is 31.3 Å². The van der Waals surface area contributed by atoms with Gasteiger partial charge in [0.15, 0.2) is 0 Å². The highest BCUT2D eigenvalue weighted by atomic mass is 35.5. The van der Waals surface area contributed by atoms with E-state index in [9.17, 15) is 9.59 Å². The highest BCUT2D eigenvalue weighted by Gasteiger charge is 2.33. The number of rotatable bonds is 9. The van der Waals surface area contributed by atoms with Crippen LogP contribution in [0.3, 0.4) is 0 Å². The van der Waals surface area contributed by atoms with Crippen molar-refractivity contribution >= 4 is 23.5 Å². The summed E-state index contributed by atoms with van der Waals surface area (Å²) in [5, 5.41) is 18.1. The number of piperazine rings is 1. The number of benzene rings is 1. The number of amides is 1. The Hall–Kier alpha value is -2.65. The third-order valence-electron chi connectivity index (χ3n) is 5.09. The second kappa shape index (κ2) is 12.1. The van der Waals surface area contributed by atoms with Crippen LogP contribution in [-0.4, -0.2) is 79.5 Å². The molecule has 0 aliphatic carbocycles. The monoisotopic (exact) mass is 431 g/mol. The zero-order chi connectivity index (χ0) is 21.9. The largest absolute Gasteiger partial charge is 0.468 e. The molecule has 1 aromatic rings. The molecule has 160 valence electrons. The van der Waals surface area contributed by atoms with Gasteiger partial charge in [-0.2, -0.15) is 10.5 Å². The Morgan fingerprint density at radius 1 is 1.13 bits per heavy atom. The number of halogens is 1. The highest BCUT2D eigenvalue weighted by molar-refractivity contribution is 6.31. The van der Waals surface area contributed by atoms with Crippen molar-refractivity contribution in [2.75, 3.05) is 52.9 Å². The summed E-state index contributed by atoms with van der Waals surface area (Å²) < 4.78 is 5.01. The van der Waals surface area contributed by atoms with Crippen molar-refractivity contribution < 1.29 is 14.3 Å². The van der Waals surface area contributed by atoms with Gasteiger partial charge < -0.3 is 9.64 Å². The topological polar surface area (TPSA) is 101 Å². The number of nitrogens with zero attached hydrogens (tertiary/aromatic N) is 5. The molecule has 0 spiro atoms. The van der Waals surface area contributed by atoms with Gasteiger partial charge in [0, 0.05) is 44.3 Å². The van der Waals surface area contributed by atoms with Crippen molar-refractivity contribution in [1.82, 2.24) is 14.7 Å². The zero-order valence-corrected chi connectivity index (χ0v) is 17.8. The van der Waals surface area contributed by atoms with Crippen LogP contribution in [0.1, 0.15) is 24.4 Å². The summed E-state index contributed by atoms with van der Waals surface area (Å²) in [7, 11) is 1.36. The third-order valence-corrected chi connectivity index (χ3v) is 5.44. The summed E-state index contributed by atoms with van der Waals surface area (Å²) in [5.74, 6) is -0.462. The van der Waals surface area contributed by atoms with Gasteiger partial charge in [-0.15, -0.1) is 0 Å². The molecule has 1 atom stereocenters. The number of hydrogen-bond donors (Lipinski definition) is 0. The van der Waals surface area contributed by atoms with Crippen molar-refractivity contribution in [3.05, 3.63) is 34.9 Å². The van der Waals surface area contributed by atoms with Gasteiger partial charge in [0.2, 0.25) is 5.91 Å².